The molecule has 1 saturated heterocycles. The zero-order valence-electron chi connectivity index (χ0n) is 14.5. The summed E-state index contributed by atoms with van der Waals surface area (Å²) in [6.07, 6.45) is -5.68. The van der Waals surface area contributed by atoms with Crippen molar-refractivity contribution in [3.63, 3.8) is 0 Å². The first-order valence-corrected chi connectivity index (χ1v) is 8.61. The number of non-ortho nitro benzene ring substituents is 1. The minimum absolute atomic E-state index is 0.120. The molecule has 12 heteroatoms. The van der Waals surface area contributed by atoms with Gasteiger partial charge in [0.1, 0.15) is 0 Å². The molecule has 1 heterocycles. The summed E-state index contributed by atoms with van der Waals surface area (Å²) in [5.74, 6) is -0.900. The van der Waals surface area contributed by atoms with Crippen LogP contribution in [-0.4, -0.2) is 33.8 Å². The van der Waals surface area contributed by atoms with Gasteiger partial charge in [0.25, 0.3) is 11.6 Å². The molecule has 1 N–H and O–H groups in total. The zero-order valence-corrected chi connectivity index (χ0v) is 15.3. The Morgan fingerprint density at radius 3 is 2.48 bits per heavy atom. The van der Waals surface area contributed by atoms with Crippen LogP contribution in [0.4, 0.5) is 29.3 Å². The molecular formula is C15H16F3N3O5S. The number of alkyl halides is 3. The predicted octanol–water partition coefficient (Wildman–Crippen LogP) is 3.50. The maximum absolute atomic E-state index is 13.0. The molecule has 1 fully saturated rings. The van der Waals surface area contributed by atoms with E-state index in [0.29, 0.717) is 12.1 Å². The second-order valence-electron chi connectivity index (χ2n) is 6.67. The Morgan fingerprint density at radius 1 is 1.33 bits per heavy atom. The molecule has 0 bridgehead atoms. The van der Waals surface area contributed by atoms with Crippen LogP contribution in [0.15, 0.2) is 18.2 Å². The van der Waals surface area contributed by atoms with Crippen molar-refractivity contribution in [3.05, 3.63) is 33.9 Å². The summed E-state index contributed by atoms with van der Waals surface area (Å²) in [7, 11) is 0. The van der Waals surface area contributed by atoms with Crippen molar-refractivity contribution >= 4 is 35.1 Å². The molecule has 0 saturated carbocycles. The smallest absolute Gasteiger partial charge is 0.416 e. The largest absolute Gasteiger partial charge is 0.425 e. The summed E-state index contributed by atoms with van der Waals surface area (Å²) in [6.45, 7) is 5.10. The van der Waals surface area contributed by atoms with Crippen molar-refractivity contribution < 1.29 is 32.4 Å². The number of hydrogen-bond donors (Lipinski definition) is 1. The van der Waals surface area contributed by atoms with Gasteiger partial charge in [0.2, 0.25) is 5.44 Å². The van der Waals surface area contributed by atoms with Crippen molar-refractivity contribution in [1.29, 1.82) is 0 Å². The van der Waals surface area contributed by atoms with Gasteiger partial charge in [0.15, 0.2) is 0 Å². The third-order valence-corrected chi connectivity index (χ3v) is 4.27. The highest BCUT2D eigenvalue weighted by Gasteiger charge is 2.39. The second kappa shape index (κ2) is 7.25. The fourth-order valence-electron chi connectivity index (χ4n) is 2.14. The molecule has 1 aliphatic heterocycles. The summed E-state index contributed by atoms with van der Waals surface area (Å²) in [6, 6.07) is 1.90. The number of carbonyl (C=O) groups is 2. The van der Waals surface area contributed by atoms with Crippen LogP contribution in [0.1, 0.15) is 26.3 Å². The summed E-state index contributed by atoms with van der Waals surface area (Å²) >= 11 is 0.878. The maximum atomic E-state index is 13.0. The maximum Gasteiger partial charge on any atom is 0.416 e. The van der Waals surface area contributed by atoms with Crippen LogP contribution in [0, 0.1) is 10.1 Å². The quantitative estimate of drug-likeness (QED) is 0.608. The lowest BCUT2D eigenvalue weighted by Crippen LogP contribution is -2.43. The number of hydrogen-bond acceptors (Lipinski definition) is 6. The normalized spacial score (nSPS) is 17.8. The van der Waals surface area contributed by atoms with Gasteiger partial charge in [-0.2, -0.15) is 13.2 Å². The number of halogens is 3. The lowest BCUT2D eigenvalue weighted by molar-refractivity contribution is -0.385. The summed E-state index contributed by atoms with van der Waals surface area (Å²) in [5, 5.41) is 13.4. The van der Waals surface area contributed by atoms with E-state index >= 15 is 0 Å². The molecule has 1 aliphatic rings. The van der Waals surface area contributed by atoms with Gasteiger partial charge in [-0.1, -0.05) is 11.8 Å². The first-order valence-electron chi connectivity index (χ1n) is 7.56. The minimum Gasteiger partial charge on any atom is -0.425 e. The van der Waals surface area contributed by atoms with Crippen molar-refractivity contribution in [2.24, 2.45) is 0 Å². The van der Waals surface area contributed by atoms with Crippen LogP contribution in [0.5, 0.6) is 0 Å². The topological polar surface area (TPSA) is 102 Å². The fourth-order valence-corrected chi connectivity index (χ4v) is 3.13. The highest BCUT2D eigenvalue weighted by molar-refractivity contribution is 8.01. The van der Waals surface area contributed by atoms with Gasteiger partial charge in [-0.3, -0.25) is 19.8 Å². The van der Waals surface area contributed by atoms with Crippen LogP contribution in [0.25, 0.3) is 0 Å². The van der Waals surface area contributed by atoms with Gasteiger partial charge in [0.05, 0.1) is 22.1 Å². The Kier molecular flexibility index (Phi) is 5.59. The molecule has 0 aliphatic carbocycles. The predicted molar refractivity (Wildman–Crippen MR) is 91.2 cm³/mol. The third-order valence-electron chi connectivity index (χ3n) is 3.27. The molecule has 0 radical (unpaired) electrons. The Labute approximate surface area is 156 Å². The number of rotatable bonds is 3. The number of nitrogens with zero attached hydrogens (tertiary/aromatic N) is 2. The van der Waals surface area contributed by atoms with Gasteiger partial charge in [0, 0.05) is 17.7 Å². The zero-order chi connectivity index (χ0) is 20.6. The van der Waals surface area contributed by atoms with Crippen molar-refractivity contribution in [2.75, 3.05) is 10.8 Å². The van der Waals surface area contributed by atoms with Crippen LogP contribution in [-0.2, 0) is 15.7 Å². The number of ether oxygens (including phenoxy) is 1. The lowest BCUT2D eigenvalue weighted by Gasteiger charge is -2.21. The van der Waals surface area contributed by atoms with Gasteiger partial charge >= 0.3 is 12.3 Å². The molecule has 1 unspecified atom stereocenters. The molecule has 2 rings (SSSR count). The van der Waals surface area contributed by atoms with E-state index in [0.717, 1.165) is 22.7 Å². The molecule has 1 aromatic rings. The summed E-state index contributed by atoms with van der Waals surface area (Å²) in [4.78, 5) is 35.0. The lowest BCUT2D eigenvalue weighted by atomic mass is 10.1. The SMILES string of the molecule is CC(C)(C)NC(=O)OC1SCN(c2cc([N+](=O)[O-])cc(C(F)(F)F)c2)C1=O. The van der Waals surface area contributed by atoms with E-state index < -0.39 is 45.3 Å². The van der Waals surface area contributed by atoms with E-state index in [9.17, 15) is 32.9 Å². The first kappa shape index (κ1) is 20.8. The standard InChI is InChI=1S/C15H16F3N3O5S/c1-14(2,3)19-13(23)26-12-11(22)20(7-27-12)9-4-8(15(16,17)18)5-10(6-9)21(24)25/h4-6,12H,7H2,1-3H3,(H,19,23). The van der Waals surface area contributed by atoms with E-state index in [2.05, 4.69) is 5.32 Å². The van der Waals surface area contributed by atoms with Crippen LogP contribution >= 0.6 is 11.8 Å². The number of anilines is 1. The molecule has 0 spiro atoms. The van der Waals surface area contributed by atoms with E-state index in [4.69, 9.17) is 4.74 Å². The van der Waals surface area contributed by atoms with E-state index in [1.807, 2.05) is 0 Å². The van der Waals surface area contributed by atoms with Crippen molar-refractivity contribution in [2.45, 2.75) is 37.9 Å². The second-order valence-corrected chi connectivity index (χ2v) is 7.69. The molecule has 27 heavy (non-hydrogen) atoms. The van der Waals surface area contributed by atoms with Crippen LogP contribution in [0.3, 0.4) is 0 Å². The van der Waals surface area contributed by atoms with E-state index in [1.54, 1.807) is 20.8 Å². The number of carbonyl (C=O) groups excluding carboxylic acids is 2. The van der Waals surface area contributed by atoms with Crippen molar-refractivity contribution in [3.8, 4) is 0 Å². The molecule has 2 amide bonds. The molecule has 8 nitrogen and oxygen atoms in total. The number of thioether (sulfide) groups is 1. The van der Waals surface area contributed by atoms with Gasteiger partial charge in [-0.15, -0.1) is 0 Å². The van der Waals surface area contributed by atoms with E-state index in [-0.39, 0.29) is 11.6 Å². The van der Waals surface area contributed by atoms with Crippen LogP contribution < -0.4 is 10.2 Å². The molecule has 1 aromatic carbocycles. The highest BCUT2D eigenvalue weighted by Crippen LogP contribution is 2.38. The molecule has 1 atom stereocenters. The Bertz CT molecular complexity index is 779. The molecule has 0 aromatic heterocycles. The van der Waals surface area contributed by atoms with E-state index in [1.165, 1.54) is 0 Å². The van der Waals surface area contributed by atoms with Gasteiger partial charge in [-0.05, 0) is 26.8 Å². The number of nitro benzene ring substituents is 1. The first-order chi connectivity index (χ1) is 12.3. The number of alkyl carbamates (subject to hydrolysis) is 1. The average molecular weight is 407 g/mol. The fraction of sp³-hybridized carbons (Fsp3) is 0.467. The average Bonchev–Trinajstić information content (AvgIpc) is 2.85. The Morgan fingerprint density at radius 2 is 1.96 bits per heavy atom. The number of amides is 2. The summed E-state index contributed by atoms with van der Waals surface area (Å²) in [5.41, 5.74) is -4.21. The van der Waals surface area contributed by atoms with Crippen molar-refractivity contribution in [1.82, 2.24) is 5.32 Å². The summed E-state index contributed by atoms with van der Waals surface area (Å²) < 4.78 is 44.0. The highest BCUT2D eigenvalue weighted by atomic mass is 32.2. The van der Waals surface area contributed by atoms with Gasteiger partial charge < -0.3 is 10.1 Å². The number of nitrogens with one attached hydrogen (secondary N) is 1. The Hall–Kier alpha value is -2.50. The monoisotopic (exact) mass is 407 g/mol. The molecule has 148 valence electrons. The molecular weight excluding hydrogens is 391 g/mol. The number of benzene rings is 1. The number of nitro groups is 1. The third kappa shape index (κ3) is 5.25. The van der Waals surface area contributed by atoms with Crippen LogP contribution in [0.2, 0.25) is 0 Å². The minimum atomic E-state index is -4.82. The Balaban J connectivity index is 2.24. The van der Waals surface area contributed by atoms with Gasteiger partial charge in [-0.25, -0.2) is 4.79 Å².